The zero-order chi connectivity index (χ0) is 9.90. The fourth-order valence-electron chi connectivity index (χ4n) is 1.66. The van der Waals surface area contributed by atoms with Gasteiger partial charge in [-0.3, -0.25) is 0 Å². The third-order valence-corrected chi connectivity index (χ3v) is 2.19. The van der Waals surface area contributed by atoms with Crippen molar-refractivity contribution in [1.29, 1.82) is 0 Å². The summed E-state index contributed by atoms with van der Waals surface area (Å²) >= 11 is 0. The molecule has 1 saturated heterocycles. The predicted molar refractivity (Wildman–Crippen MR) is 44.3 cm³/mol. The molecule has 0 amide bonds. The van der Waals surface area contributed by atoms with Crippen molar-refractivity contribution < 1.29 is 13.2 Å². The molecule has 1 aliphatic heterocycles. The zero-order valence-electron chi connectivity index (χ0n) is 7.48. The van der Waals surface area contributed by atoms with Gasteiger partial charge in [-0.05, 0) is 25.9 Å². The summed E-state index contributed by atoms with van der Waals surface area (Å²) in [5.41, 5.74) is 5.38. The minimum atomic E-state index is -4.13. The topological polar surface area (TPSA) is 29.3 Å². The maximum atomic E-state index is 11.9. The Labute approximate surface area is 75.9 Å². The van der Waals surface area contributed by atoms with E-state index in [1.807, 2.05) is 4.90 Å². The number of hydrogen-bond acceptors (Lipinski definition) is 2. The third kappa shape index (κ3) is 4.47. The van der Waals surface area contributed by atoms with E-state index in [0.717, 1.165) is 25.9 Å². The Bertz CT molecular complexity index is 152. The van der Waals surface area contributed by atoms with Crippen molar-refractivity contribution in [2.24, 2.45) is 5.73 Å². The second kappa shape index (κ2) is 4.28. The molecule has 0 aromatic rings. The molecule has 0 spiro atoms. The number of rotatable bonds is 3. The van der Waals surface area contributed by atoms with Crippen molar-refractivity contribution in [2.45, 2.75) is 31.5 Å². The number of hydrogen-bond donors (Lipinski definition) is 1. The molecule has 0 saturated carbocycles. The molecule has 0 aromatic heterocycles. The lowest BCUT2D eigenvalue weighted by Gasteiger charge is -2.20. The molecule has 0 aliphatic carbocycles. The highest BCUT2D eigenvalue weighted by Crippen LogP contribution is 2.21. The second-order valence-corrected chi connectivity index (χ2v) is 3.59. The largest absolute Gasteiger partial charge is 0.390 e. The van der Waals surface area contributed by atoms with Crippen LogP contribution in [0.2, 0.25) is 0 Å². The second-order valence-electron chi connectivity index (χ2n) is 3.59. The molecule has 1 aliphatic rings. The number of nitrogens with two attached hydrogens (primary N) is 1. The number of likely N-dealkylation sites (tertiary alicyclic amines) is 1. The molecular formula is C8H15F3N2. The van der Waals surface area contributed by atoms with Crippen molar-refractivity contribution in [3.05, 3.63) is 0 Å². The van der Waals surface area contributed by atoms with E-state index in [4.69, 9.17) is 5.73 Å². The van der Waals surface area contributed by atoms with Gasteiger partial charge in [0, 0.05) is 12.6 Å². The van der Waals surface area contributed by atoms with Crippen molar-refractivity contribution in [1.82, 2.24) is 4.90 Å². The van der Waals surface area contributed by atoms with Crippen molar-refractivity contribution >= 4 is 0 Å². The fraction of sp³-hybridized carbons (Fsp3) is 1.00. The summed E-state index contributed by atoms with van der Waals surface area (Å²) in [6.45, 7) is 2.16. The first-order valence-electron chi connectivity index (χ1n) is 4.52. The molecule has 0 radical (unpaired) electrons. The highest BCUT2D eigenvalue weighted by atomic mass is 19.4. The zero-order valence-corrected chi connectivity index (χ0v) is 7.48. The van der Waals surface area contributed by atoms with Gasteiger partial charge in [-0.15, -0.1) is 0 Å². The van der Waals surface area contributed by atoms with Crippen LogP contribution in [0.5, 0.6) is 0 Å². The minimum Gasteiger partial charge on any atom is -0.326 e. The minimum absolute atomic E-state index is 0.375. The SMILES string of the molecule is NC(CN1CCCC1)CC(F)(F)F. The molecule has 1 fully saturated rings. The molecule has 1 unspecified atom stereocenters. The van der Waals surface area contributed by atoms with Crippen LogP contribution in [0, 0.1) is 0 Å². The van der Waals surface area contributed by atoms with Crippen molar-refractivity contribution in [2.75, 3.05) is 19.6 Å². The Morgan fingerprint density at radius 2 is 1.77 bits per heavy atom. The van der Waals surface area contributed by atoms with Crippen LogP contribution in [0.3, 0.4) is 0 Å². The van der Waals surface area contributed by atoms with Crippen molar-refractivity contribution in [3.8, 4) is 0 Å². The monoisotopic (exact) mass is 196 g/mol. The highest BCUT2D eigenvalue weighted by Gasteiger charge is 2.31. The van der Waals surface area contributed by atoms with E-state index in [1.54, 1.807) is 0 Å². The van der Waals surface area contributed by atoms with Gasteiger partial charge in [0.05, 0.1) is 6.42 Å². The van der Waals surface area contributed by atoms with Crippen LogP contribution >= 0.6 is 0 Å². The molecular weight excluding hydrogens is 181 g/mol. The molecule has 13 heavy (non-hydrogen) atoms. The van der Waals surface area contributed by atoms with Gasteiger partial charge in [0.2, 0.25) is 0 Å². The number of halogens is 3. The average Bonchev–Trinajstić information content (AvgIpc) is 2.34. The average molecular weight is 196 g/mol. The van der Waals surface area contributed by atoms with E-state index >= 15 is 0 Å². The summed E-state index contributed by atoms with van der Waals surface area (Å²) in [4.78, 5) is 2.00. The van der Waals surface area contributed by atoms with E-state index in [-0.39, 0.29) is 0 Å². The first-order chi connectivity index (χ1) is 5.97. The molecule has 2 nitrogen and oxygen atoms in total. The quantitative estimate of drug-likeness (QED) is 0.738. The summed E-state index contributed by atoms with van der Waals surface area (Å²) in [6.07, 6.45) is -2.83. The third-order valence-electron chi connectivity index (χ3n) is 2.19. The first-order valence-corrected chi connectivity index (χ1v) is 4.52. The van der Waals surface area contributed by atoms with Gasteiger partial charge in [-0.1, -0.05) is 0 Å². The van der Waals surface area contributed by atoms with Gasteiger partial charge in [0.25, 0.3) is 0 Å². The summed E-state index contributed by atoms with van der Waals surface area (Å²) in [7, 11) is 0. The maximum absolute atomic E-state index is 11.9. The van der Waals surface area contributed by atoms with Crippen LogP contribution in [0.25, 0.3) is 0 Å². The Balaban J connectivity index is 2.20. The van der Waals surface area contributed by atoms with Crippen LogP contribution in [-0.2, 0) is 0 Å². The summed E-state index contributed by atoms with van der Waals surface area (Å²) in [5.74, 6) is 0. The summed E-state index contributed by atoms with van der Waals surface area (Å²) < 4.78 is 35.6. The lowest BCUT2D eigenvalue weighted by Crippen LogP contribution is -2.38. The van der Waals surface area contributed by atoms with E-state index in [9.17, 15) is 13.2 Å². The van der Waals surface area contributed by atoms with Gasteiger partial charge in [-0.2, -0.15) is 13.2 Å². The predicted octanol–water partition coefficient (Wildman–Crippen LogP) is 1.36. The summed E-state index contributed by atoms with van der Waals surface area (Å²) in [5, 5.41) is 0. The first kappa shape index (κ1) is 10.8. The van der Waals surface area contributed by atoms with Gasteiger partial charge >= 0.3 is 6.18 Å². The van der Waals surface area contributed by atoms with Crippen LogP contribution in [0.4, 0.5) is 13.2 Å². The normalized spacial score (nSPS) is 22.2. The molecule has 78 valence electrons. The Hall–Kier alpha value is -0.290. The van der Waals surface area contributed by atoms with E-state index in [0.29, 0.717) is 6.54 Å². The van der Waals surface area contributed by atoms with Crippen molar-refractivity contribution in [3.63, 3.8) is 0 Å². The van der Waals surface area contributed by atoms with Crippen LogP contribution in [0.15, 0.2) is 0 Å². The number of nitrogens with zero attached hydrogens (tertiary/aromatic N) is 1. The lowest BCUT2D eigenvalue weighted by molar-refractivity contribution is -0.138. The van der Waals surface area contributed by atoms with Crippen LogP contribution in [-0.4, -0.2) is 36.8 Å². The maximum Gasteiger partial charge on any atom is 0.390 e. The molecule has 2 N–H and O–H groups in total. The van der Waals surface area contributed by atoms with Gasteiger partial charge in [0.1, 0.15) is 0 Å². The Morgan fingerprint density at radius 3 is 2.23 bits per heavy atom. The Kier molecular flexibility index (Phi) is 3.55. The molecule has 1 atom stereocenters. The molecule has 0 aromatic carbocycles. The molecule has 5 heteroatoms. The van der Waals surface area contributed by atoms with Crippen LogP contribution in [0.1, 0.15) is 19.3 Å². The summed E-state index contributed by atoms with van der Waals surface area (Å²) in [6, 6.07) is -0.766. The van der Waals surface area contributed by atoms with E-state index in [1.165, 1.54) is 0 Å². The van der Waals surface area contributed by atoms with E-state index in [2.05, 4.69) is 0 Å². The highest BCUT2D eigenvalue weighted by molar-refractivity contribution is 4.74. The molecule has 0 bridgehead atoms. The molecule has 1 heterocycles. The van der Waals surface area contributed by atoms with E-state index < -0.39 is 18.6 Å². The van der Waals surface area contributed by atoms with Gasteiger partial charge in [0.15, 0.2) is 0 Å². The lowest BCUT2D eigenvalue weighted by atomic mass is 10.2. The standard InChI is InChI=1S/C8H15F3N2/c9-8(10,11)5-7(12)6-13-3-1-2-4-13/h7H,1-6,12H2. The fourth-order valence-corrected chi connectivity index (χ4v) is 1.66. The van der Waals surface area contributed by atoms with Gasteiger partial charge in [-0.25, -0.2) is 0 Å². The van der Waals surface area contributed by atoms with Crippen LogP contribution < -0.4 is 5.73 Å². The van der Waals surface area contributed by atoms with Gasteiger partial charge < -0.3 is 10.6 Å². The smallest absolute Gasteiger partial charge is 0.326 e. The Morgan fingerprint density at radius 1 is 1.23 bits per heavy atom. The number of alkyl halides is 3. The molecule has 1 rings (SSSR count).